The lowest BCUT2D eigenvalue weighted by molar-refractivity contribution is -0.122. The van der Waals surface area contributed by atoms with E-state index in [0.29, 0.717) is 24.1 Å². The molecule has 1 aliphatic rings. The Labute approximate surface area is 191 Å². The van der Waals surface area contributed by atoms with Gasteiger partial charge < -0.3 is 5.32 Å². The molecule has 0 bridgehead atoms. The van der Waals surface area contributed by atoms with Gasteiger partial charge in [-0.2, -0.15) is 0 Å². The van der Waals surface area contributed by atoms with Crippen molar-refractivity contribution in [3.8, 4) is 0 Å². The number of benzene rings is 2. The molecule has 2 aromatic carbocycles. The van der Waals surface area contributed by atoms with E-state index in [-0.39, 0.29) is 17.5 Å². The molecule has 0 spiro atoms. The molecule has 1 amide bonds. The molecule has 4 aromatic rings. The standard InChI is InChI=1S/C25H28N6O2/c1-29-24(33)20-9-5-6-10-21(20)31-22(27-28-25(29)31)17-30-15-13-19(14-16-30)26-23(32)12-11-18-7-3-2-4-8-18/h2-10,19H,11-17H2,1H3,(H,26,32). The molecular weight excluding hydrogens is 416 g/mol. The third-order valence-corrected chi connectivity index (χ3v) is 6.49. The molecule has 5 rings (SSSR count). The number of fused-ring (bicyclic) bond motifs is 3. The number of piperidine rings is 1. The van der Waals surface area contributed by atoms with Crippen LogP contribution in [0.2, 0.25) is 0 Å². The number of para-hydroxylation sites is 1. The van der Waals surface area contributed by atoms with Crippen LogP contribution in [0.25, 0.3) is 16.7 Å². The monoisotopic (exact) mass is 444 g/mol. The lowest BCUT2D eigenvalue weighted by atomic mass is 10.0. The van der Waals surface area contributed by atoms with Crippen LogP contribution in [-0.4, -0.2) is 49.1 Å². The molecule has 0 unspecified atom stereocenters. The van der Waals surface area contributed by atoms with Gasteiger partial charge in [-0.25, -0.2) is 0 Å². The summed E-state index contributed by atoms with van der Waals surface area (Å²) in [5, 5.41) is 12.5. The Morgan fingerprint density at radius 2 is 1.76 bits per heavy atom. The van der Waals surface area contributed by atoms with Gasteiger partial charge in [-0.15, -0.1) is 10.2 Å². The van der Waals surface area contributed by atoms with E-state index in [4.69, 9.17) is 0 Å². The fourth-order valence-corrected chi connectivity index (χ4v) is 4.63. The lowest BCUT2D eigenvalue weighted by Crippen LogP contribution is -2.44. The highest BCUT2D eigenvalue weighted by atomic mass is 16.1. The topological polar surface area (TPSA) is 84.5 Å². The number of nitrogens with one attached hydrogen (secondary N) is 1. The molecule has 1 saturated heterocycles. The summed E-state index contributed by atoms with van der Waals surface area (Å²) < 4.78 is 3.53. The molecule has 1 N–H and O–H groups in total. The molecule has 1 aliphatic heterocycles. The molecule has 1 fully saturated rings. The van der Waals surface area contributed by atoms with Crippen molar-refractivity contribution in [1.82, 2.24) is 29.4 Å². The maximum absolute atomic E-state index is 12.6. The van der Waals surface area contributed by atoms with Crippen molar-refractivity contribution in [2.24, 2.45) is 7.05 Å². The van der Waals surface area contributed by atoms with Crippen LogP contribution in [0.5, 0.6) is 0 Å². The van der Waals surface area contributed by atoms with E-state index in [1.54, 1.807) is 11.6 Å². The first-order valence-corrected chi connectivity index (χ1v) is 11.5. The molecule has 8 heteroatoms. The molecule has 0 radical (unpaired) electrons. The minimum Gasteiger partial charge on any atom is -0.353 e. The second-order valence-corrected chi connectivity index (χ2v) is 8.74. The molecule has 0 saturated carbocycles. The average Bonchev–Trinajstić information content (AvgIpc) is 3.27. The molecule has 33 heavy (non-hydrogen) atoms. The Kier molecular flexibility index (Phi) is 5.92. The van der Waals surface area contributed by atoms with Gasteiger partial charge in [-0.1, -0.05) is 42.5 Å². The summed E-state index contributed by atoms with van der Waals surface area (Å²) >= 11 is 0. The minimum atomic E-state index is -0.0686. The lowest BCUT2D eigenvalue weighted by Gasteiger charge is -2.31. The molecule has 8 nitrogen and oxygen atoms in total. The SMILES string of the molecule is Cn1c(=O)c2ccccc2n2c(CN3CCC(NC(=O)CCc4ccccc4)CC3)nnc12. The van der Waals surface area contributed by atoms with E-state index in [0.717, 1.165) is 43.7 Å². The Balaban J connectivity index is 1.21. The van der Waals surface area contributed by atoms with Crippen molar-refractivity contribution >= 4 is 22.6 Å². The van der Waals surface area contributed by atoms with E-state index in [1.807, 2.05) is 46.9 Å². The highest BCUT2D eigenvalue weighted by Gasteiger charge is 2.23. The first-order valence-electron chi connectivity index (χ1n) is 11.5. The van der Waals surface area contributed by atoms with E-state index < -0.39 is 0 Å². The summed E-state index contributed by atoms with van der Waals surface area (Å²) in [7, 11) is 1.73. The number of nitrogens with zero attached hydrogens (tertiary/aromatic N) is 5. The van der Waals surface area contributed by atoms with Crippen LogP contribution in [-0.2, 0) is 24.8 Å². The summed E-state index contributed by atoms with van der Waals surface area (Å²) in [4.78, 5) is 27.3. The smallest absolute Gasteiger partial charge is 0.262 e. The number of aromatic nitrogens is 4. The Bertz CT molecular complexity index is 1340. The quantitative estimate of drug-likeness (QED) is 0.493. The van der Waals surface area contributed by atoms with Crippen LogP contribution < -0.4 is 10.9 Å². The number of likely N-dealkylation sites (tertiary alicyclic amines) is 1. The highest BCUT2D eigenvalue weighted by molar-refractivity contribution is 5.80. The Morgan fingerprint density at radius 1 is 1.03 bits per heavy atom. The fourth-order valence-electron chi connectivity index (χ4n) is 4.63. The predicted octanol–water partition coefficient (Wildman–Crippen LogP) is 2.29. The second-order valence-electron chi connectivity index (χ2n) is 8.74. The molecule has 0 atom stereocenters. The Hall–Kier alpha value is -3.52. The van der Waals surface area contributed by atoms with Crippen LogP contribution in [0.1, 0.15) is 30.7 Å². The normalized spacial score (nSPS) is 15.3. The minimum absolute atomic E-state index is 0.0686. The van der Waals surface area contributed by atoms with Crippen molar-refractivity contribution in [2.75, 3.05) is 13.1 Å². The van der Waals surface area contributed by atoms with Gasteiger partial charge in [-0.05, 0) is 37.0 Å². The Morgan fingerprint density at radius 3 is 2.55 bits per heavy atom. The van der Waals surface area contributed by atoms with Gasteiger partial charge in [0, 0.05) is 32.6 Å². The zero-order valence-electron chi connectivity index (χ0n) is 18.8. The van der Waals surface area contributed by atoms with Gasteiger partial charge in [0.25, 0.3) is 5.56 Å². The summed E-state index contributed by atoms with van der Waals surface area (Å²) in [5.41, 5.74) is 1.95. The van der Waals surface area contributed by atoms with Crippen LogP contribution >= 0.6 is 0 Å². The number of carbonyl (C=O) groups excluding carboxylic acids is 1. The predicted molar refractivity (Wildman–Crippen MR) is 127 cm³/mol. The molecule has 0 aliphatic carbocycles. The van der Waals surface area contributed by atoms with Crippen molar-refractivity contribution in [3.05, 3.63) is 76.3 Å². The van der Waals surface area contributed by atoms with Gasteiger partial charge in [0.05, 0.1) is 17.4 Å². The van der Waals surface area contributed by atoms with Crippen LogP contribution in [0.3, 0.4) is 0 Å². The third-order valence-electron chi connectivity index (χ3n) is 6.49. The van der Waals surface area contributed by atoms with Gasteiger partial charge in [-0.3, -0.25) is 23.5 Å². The first kappa shape index (κ1) is 21.3. The summed E-state index contributed by atoms with van der Waals surface area (Å²) in [5.74, 6) is 1.49. The molecule has 3 heterocycles. The zero-order valence-corrected chi connectivity index (χ0v) is 18.8. The van der Waals surface area contributed by atoms with E-state index >= 15 is 0 Å². The van der Waals surface area contributed by atoms with Gasteiger partial charge in [0.15, 0.2) is 5.82 Å². The number of amides is 1. The second kappa shape index (κ2) is 9.15. The highest BCUT2D eigenvalue weighted by Crippen LogP contribution is 2.17. The molecular formula is C25H28N6O2. The van der Waals surface area contributed by atoms with E-state index in [9.17, 15) is 9.59 Å². The van der Waals surface area contributed by atoms with Crippen molar-refractivity contribution < 1.29 is 4.79 Å². The van der Waals surface area contributed by atoms with E-state index in [1.165, 1.54) is 5.56 Å². The zero-order chi connectivity index (χ0) is 22.8. The fraction of sp³-hybridized carbons (Fsp3) is 0.360. The van der Waals surface area contributed by atoms with Crippen LogP contribution in [0.15, 0.2) is 59.4 Å². The first-order chi connectivity index (χ1) is 16.1. The van der Waals surface area contributed by atoms with Crippen molar-refractivity contribution in [1.29, 1.82) is 0 Å². The summed E-state index contributed by atoms with van der Waals surface area (Å²) in [6.07, 6.45) is 3.10. The number of aryl methyl sites for hydroxylation is 2. The van der Waals surface area contributed by atoms with Gasteiger partial charge >= 0.3 is 0 Å². The summed E-state index contributed by atoms with van der Waals surface area (Å²) in [6.45, 7) is 2.41. The maximum Gasteiger partial charge on any atom is 0.262 e. The van der Waals surface area contributed by atoms with Crippen LogP contribution in [0.4, 0.5) is 0 Å². The largest absolute Gasteiger partial charge is 0.353 e. The van der Waals surface area contributed by atoms with Crippen molar-refractivity contribution in [2.45, 2.75) is 38.3 Å². The molecule has 170 valence electrons. The number of hydrogen-bond donors (Lipinski definition) is 1. The van der Waals surface area contributed by atoms with Gasteiger partial charge in [0.1, 0.15) is 0 Å². The average molecular weight is 445 g/mol. The van der Waals surface area contributed by atoms with Gasteiger partial charge in [0.2, 0.25) is 11.7 Å². The maximum atomic E-state index is 12.6. The van der Waals surface area contributed by atoms with Crippen LogP contribution in [0, 0.1) is 0 Å². The number of carbonyl (C=O) groups is 1. The third kappa shape index (κ3) is 4.39. The number of hydrogen-bond acceptors (Lipinski definition) is 5. The van der Waals surface area contributed by atoms with E-state index in [2.05, 4.69) is 32.5 Å². The summed E-state index contributed by atoms with van der Waals surface area (Å²) in [6, 6.07) is 17.9. The van der Waals surface area contributed by atoms with Crippen molar-refractivity contribution in [3.63, 3.8) is 0 Å². The number of rotatable bonds is 6. The molecule has 2 aromatic heterocycles.